The minimum Gasteiger partial charge on any atom is -1.00 e. The summed E-state index contributed by atoms with van der Waals surface area (Å²) < 4.78 is 27.3. The molecule has 6 aromatic carbocycles. The zero-order valence-electron chi connectivity index (χ0n) is 38.3. The van der Waals surface area contributed by atoms with E-state index in [1.807, 2.05) is 48.5 Å². The summed E-state index contributed by atoms with van der Waals surface area (Å²) in [5.74, 6) is 0.774. The van der Waals surface area contributed by atoms with Gasteiger partial charge in [-0.3, -0.25) is 14.4 Å². The molecule has 6 aromatic rings. The fourth-order valence-corrected chi connectivity index (χ4v) is 15.2. The van der Waals surface area contributed by atoms with Crippen LogP contribution in [0.15, 0.2) is 199 Å². The maximum atomic E-state index is 12.5. The summed E-state index contributed by atoms with van der Waals surface area (Å²) in [4.78, 5) is 54.3. The van der Waals surface area contributed by atoms with Crippen molar-refractivity contribution in [2.45, 2.75) is 86.9 Å². The Kier molecular flexibility index (Phi) is 18.3. The Morgan fingerprint density at radius 1 is 0.514 bits per heavy atom. The van der Waals surface area contributed by atoms with Crippen molar-refractivity contribution >= 4 is 57.3 Å². The summed E-state index contributed by atoms with van der Waals surface area (Å²) in [6.45, 7) is -0.166. The number of carbonyl (C=O) groups excluding carboxylic acids is 4. The molecule has 15 heteroatoms. The number of halogens is 3. The Bertz CT molecular complexity index is 2660. The summed E-state index contributed by atoms with van der Waals surface area (Å²) in [5.41, 5.74) is 0. The van der Waals surface area contributed by atoms with Crippen LogP contribution in [0.1, 0.15) is 33.1 Å². The number of alkyl halides is 1. The summed E-state index contributed by atoms with van der Waals surface area (Å²) >= 11 is 5.38. The number of hydrogen-bond donors (Lipinski definition) is 1. The van der Waals surface area contributed by atoms with Gasteiger partial charge in [-0.05, 0) is 123 Å². The highest BCUT2D eigenvalue weighted by molar-refractivity contribution is 7.97. The Labute approximate surface area is 443 Å². The van der Waals surface area contributed by atoms with Crippen LogP contribution in [-0.4, -0.2) is 65.9 Å². The van der Waals surface area contributed by atoms with Crippen LogP contribution >= 0.6 is 11.6 Å². The topological polar surface area (TPSA) is 135 Å². The largest absolute Gasteiger partial charge is 1.00 e. The Morgan fingerprint density at radius 2 is 0.861 bits per heavy atom. The molecule has 0 aromatic heterocycles. The second kappa shape index (κ2) is 24.4. The van der Waals surface area contributed by atoms with Crippen molar-refractivity contribution in [1.82, 2.24) is 0 Å². The standard InChI is InChI=1S/C28H25O5S.C18H14OS.C10H11ClO4.CH4.2ClH/c29-25(32-26-18-15-23-24(16-18)28(30)33-27(23)26)17-31-19-11-13-22(14-12-19)34(20-7-3-1-4-8-20)21-9-5-2-6-10-21;19-15-11-13-18(14-12-15)20(16-7-3-1-4-8-16)17-9-5-2-6-10-17;11-3-7(12)14-8-4-1-5-6(2-4)10(13)15-9(5)8;;;/h1-14,18,23-24,26-27H,15-17H2;1-14H;4-6,8-9H,1-3H2;1H4;2*1H/q+1;;;;;/p-1. The molecule has 0 amide bonds. The van der Waals surface area contributed by atoms with Gasteiger partial charge in [0.2, 0.25) is 0 Å². The summed E-state index contributed by atoms with van der Waals surface area (Å²) in [7, 11) is -0.367. The lowest BCUT2D eigenvalue weighted by molar-refractivity contribution is -0.163. The van der Waals surface area contributed by atoms with Gasteiger partial charge >= 0.3 is 23.9 Å². The van der Waals surface area contributed by atoms with Crippen LogP contribution < -0.4 is 29.6 Å². The minimum atomic E-state index is -0.422. The predicted molar refractivity (Wildman–Crippen MR) is 267 cm³/mol. The van der Waals surface area contributed by atoms with Gasteiger partial charge in [-0.15, -0.1) is 11.6 Å². The van der Waals surface area contributed by atoms with Crippen LogP contribution in [0.5, 0.6) is 11.5 Å². The molecule has 2 saturated heterocycles. The van der Waals surface area contributed by atoms with Crippen LogP contribution in [0.2, 0.25) is 0 Å². The number of esters is 4. The summed E-state index contributed by atoms with van der Waals surface area (Å²) in [6.07, 6.45) is 2.38. The lowest BCUT2D eigenvalue weighted by Gasteiger charge is -2.25. The predicted octanol–water partition coefficient (Wildman–Crippen LogP) is 4.50. The third-order valence-corrected chi connectivity index (χ3v) is 18.6. The zero-order chi connectivity index (χ0) is 47.4. The highest BCUT2D eigenvalue weighted by Crippen LogP contribution is 2.56. The zero-order valence-corrected chi connectivity index (χ0v) is 42.2. The number of fused-ring (bicyclic) bond motifs is 2. The maximum absolute atomic E-state index is 12.5. The van der Waals surface area contributed by atoms with E-state index in [0.29, 0.717) is 17.4 Å². The lowest BCUT2D eigenvalue weighted by atomic mass is 9.88. The minimum absolute atomic E-state index is 0. The van der Waals surface area contributed by atoms with E-state index in [-0.39, 0.29) is 132 Å². The third-order valence-electron chi connectivity index (χ3n) is 13.9. The van der Waals surface area contributed by atoms with E-state index in [2.05, 4.69) is 109 Å². The van der Waals surface area contributed by atoms with Crippen molar-refractivity contribution < 1.29 is 72.8 Å². The molecule has 4 saturated carbocycles. The van der Waals surface area contributed by atoms with Crippen LogP contribution in [-0.2, 0) is 59.9 Å². The van der Waals surface area contributed by atoms with Gasteiger partial charge in [-0.2, -0.15) is 0 Å². The molecule has 2 heterocycles. The molecule has 10 nitrogen and oxygen atoms in total. The first-order chi connectivity index (χ1) is 33.7. The average molecular weight is 1070 g/mol. The van der Waals surface area contributed by atoms with Gasteiger partial charge in [0.25, 0.3) is 0 Å². The quantitative estimate of drug-likeness (QED) is 0.0809. The summed E-state index contributed by atoms with van der Waals surface area (Å²) in [5, 5.41) is 9.48. The first-order valence-electron chi connectivity index (χ1n) is 23.3. The molecular weight excluding hydrogens is 1020 g/mol. The Hall–Kier alpha value is -5.63. The van der Waals surface area contributed by atoms with Gasteiger partial charge in [0, 0.05) is 23.7 Å². The van der Waals surface area contributed by atoms with Crippen molar-refractivity contribution in [3.63, 3.8) is 0 Å². The van der Waals surface area contributed by atoms with E-state index in [4.69, 9.17) is 35.3 Å². The lowest BCUT2D eigenvalue weighted by Crippen LogP contribution is -3.00. The van der Waals surface area contributed by atoms with Crippen LogP contribution in [0.25, 0.3) is 0 Å². The highest BCUT2D eigenvalue weighted by atomic mass is 35.5. The first-order valence-corrected chi connectivity index (χ1v) is 26.3. The molecule has 4 aliphatic carbocycles. The highest BCUT2D eigenvalue weighted by Gasteiger charge is 2.64. The van der Waals surface area contributed by atoms with Crippen molar-refractivity contribution in [3.8, 4) is 11.5 Å². The van der Waals surface area contributed by atoms with E-state index in [1.54, 1.807) is 12.1 Å². The van der Waals surface area contributed by atoms with Crippen LogP contribution in [0.4, 0.5) is 0 Å². The number of phenols is 1. The molecule has 12 rings (SSSR count). The fraction of sp³-hybridized carbons (Fsp3) is 0.298. The molecule has 6 fully saturated rings. The van der Waals surface area contributed by atoms with Crippen LogP contribution in [0.3, 0.4) is 0 Å². The van der Waals surface area contributed by atoms with Crippen molar-refractivity contribution in [3.05, 3.63) is 170 Å². The van der Waals surface area contributed by atoms with Crippen molar-refractivity contribution in [2.24, 2.45) is 35.5 Å². The smallest absolute Gasteiger partial charge is 0.344 e. The van der Waals surface area contributed by atoms with Gasteiger partial charge in [-0.1, -0.05) is 80.2 Å². The number of aromatic hydroxyl groups is 1. The number of phenolic OH excluding ortho intramolecular Hbond substituents is 1. The second-order valence-corrected chi connectivity index (χ2v) is 22.3. The molecule has 2 aliphatic heterocycles. The van der Waals surface area contributed by atoms with Crippen LogP contribution in [0, 0.1) is 35.5 Å². The van der Waals surface area contributed by atoms with Gasteiger partial charge in [0.05, 0.1) is 33.6 Å². The van der Waals surface area contributed by atoms with E-state index in [9.17, 15) is 24.3 Å². The summed E-state index contributed by atoms with van der Waals surface area (Å²) in [6, 6.07) is 57.3. The average Bonchev–Trinajstić information content (AvgIpc) is 4.23. The maximum Gasteiger partial charge on any atom is 0.344 e. The Morgan fingerprint density at radius 3 is 1.24 bits per heavy atom. The number of hydrogen-bond acceptors (Lipinski definition) is 10. The molecule has 6 aliphatic rings. The molecule has 10 atom stereocenters. The van der Waals surface area contributed by atoms with E-state index < -0.39 is 11.9 Å². The number of carbonyl (C=O) groups is 4. The monoisotopic (exact) mass is 1070 g/mol. The first kappa shape index (κ1) is 54.2. The van der Waals surface area contributed by atoms with Gasteiger partial charge in [0.1, 0.15) is 41.8 Å². The molecule has 0 spiro atoms. The van der Waals surface area contributed by atoms with Gasteiger partial charge in [0.15, 0.2) is 36.0 Å². The van der Waals surface area contributed by atoms with E-state index in [1.165, 1.54) is 29.4 Å². The molecule has 376 valence electrons. The molecule has 0 radical (unpaired) electrons. The number of benzene rings is 6. The normalized spacial score (nSPS) is 25.0. The van der Waals surface area contributed by atoms with E-state index >= 15 is 0 Å². The molecule has 10 unspecified atom stereocenters. The molecule has 72 heavy (non-hydrogen) atoms. The van der Waals surface area contributed by atoms with Gasteiger partial charge in [-0.25, -0.2) is 4.79 Å². The third kappa shape index (κ3) is 11.6. The second-order valence-electron chi connectivity index (χ2n) is 18.0. The SMILES string of the molecule is C.O=C(CCl)OC1C2CC3C(=O)OC1C3C2.O=C(COc1ccc([S+](c2ccccc2)c2ccccc2)cc1)OC1C2CC3C(=O)OC1C3C2.Oc1ccc([S+](c2ccccc2)c2ccccc2)cc1.[Cl-].[Cl-]. The molecular formula is C57H55Cl3O10S2. The Balaban J connectivity index is 0.000000170. The number of ether oxygens (including phenoxy) is 5. The number of rotatable bonds is 12. The van der Waals surface area contributed by atoms with E-state index in [0.717, 1.165) is 25.7 Å². The fourth-order valence-electron chi connectivity index (χ4n) is 10.9. The molecule has 1 N–H and O–H groups in total. The van der Waals surface area contributed by atoms with Crippen molar-refractivity contribution in [1.29, 1.82) is 0 Å². The van der Waals surface area contributed by atoms with Gasteiger partial charge < -0.3 is 53.6 Å². The molecule has 4 bridgehead atoms. The van der Waals surface area contributed by atoms with Crippen molar-refractivity contribution in [2.75, 3.05) is 12.5 Å².